The molecule has 0 unspecified atom stereocenters. The smallest absolute Gasteiger partial charge is 0.333 e. The molecule has 0 atom stereocenters. The van der Waals surface area contributed by atoms with Crippen molar-refractivity contribution in [2.24, 2.45) is 5.73 Å². The van der Waals surface area contributed by atoms with E-state index in [1.807, 2.05) is 0 Å². The molecule has 0 aromatic rings. The Hall–Kier alpha value is -1.33. The summed E-state index contributed by atoms with van der Waals surface area (Å²) in [4.78, 5) is 21.9. The average Bonchev–Trinajstić information content (AvgIpc) is 2.30. The lowest BCUT2D eigenvalue weighted by Gasteiger charge is -2.03. The zero-order valence-corrected chi connectivity index (χ0v) is 10.6. The van der Waals surface area contributed by atoms with E-state index in [1.54, 1.807) is 13.0 Å². The number of nitrogens with two attached hydrogens (primary N) is 1. The van der Waals surface area contributed by atoms with E-state index in [1.165, 1.54) is 0 Å². The normalized spacial score (nSPS) is 10.1. The molecule has 0 aliphatic rings. The van der Waals surface area contributed by atoms with Crippen LogP contribution in [0.4, 0.5) is 0 Å². The Morgan fingerprint density at radius 3 is 2.47 bits per heavy atom. The fourth-order valence-electron chi connectivity index (χ4n) is 0.843. The van der Waals surface area contributed by atoms with Gasteiger partial charge in [0.2, 0.25) is 0 Å². The largest absolute Gasteiger partial charge is 0.462 e. The molecule has 5 nitrogen and oxygen atoms in total. The highest BCUT2D eigenvalue weighted by molar-refractivity contribution is 5.87. The zero-order valence-electron chi connectivity index (χ0n) is 9.81. The van der Waals surface area contributed by atoms with Gasteiger partial charge < -0.3 is 15.2 Å². The van der Waals surface area contributed by atoms with E-state index >= 15 is 0 Å². The van der Waals surface area contributed by atoms with Crippen molar-refractivity contribution >= 4 is 24.3 Å². The molecule has 6 heteroatoms. The van der Waals surface area contributed by atoms with Gasteiger partial charge in [0.25, 0.3) is 0 Å². The van der Waals surface area contributed by atoms with Crippen molar-refractivity contribution in [2.45, 2.75) is 13.3 Å². The highest BCUT2D eigenvalue weighted by Gasteiger charge is 2.04. The van der Waals surface area contributed by atoms with Crippen LogP contribution in [-0.4, -0.2) is 31.7 Å². The van der Waals surface area contributed by atoms with Crippen LogP contribution in [0, 0.1) is 0 Å². The molecule has 98 valence electrons. The number of halogens is 1. The predicted octanol–water partition coefficient (Wildman–Crippen LogP) is 0.976. The second-order valence-electron chi connectivity index (χ2n) is 2.97. The molecule has 0 aromatic carbocycles. The van der Waals surface area contributed by atoms with E-state index < -0.39 is 11.9 Å². The number of ether oxygens (including phenoxy) is 2. The molecule has 17 heavy (non-hydrogen) atoms. The van der Waals surface area contributed by atoms with Gasteiger partial charge in [-0.3, -0.25) is 0 Å². The van der Waals surface area contributed by atoms with Crippen LogP contribution in [0.1, 0.15) is 13.3 Å². The minimum absolute atomic E-state index is 0. The first-order valence-electron chi connectivity index (χ1n) is 4.95. The van der Waals surface area contributed by atoms with Gasteiger partial charge in [-0.05, 0) is 6.92 Å². The van der Waals surface area contributed by atoms with Crippen LogP contribution in [0.25, 0.3) is 0 Å². The topological polar surface area (TPSA) is 78.6 Å². The van der Waals surface area contributed by atoms with Crippen molar-refractivity contribution in [3.8, 4) is 0 Å². The number of rotatable bonds is 7. The Kier molecular flexibility index (Phi) is 11.9. The van der Waals surface area contributed by atoms with Crippen molar-refractivity contribution in [1.82, 2.24) is 0 Å². The molecule has 0 aromatic heterocycles. The van der Waals surface area contributed by atoms with E-state index in [9.17, 15) is 9.59 Å². The van der Waals surface area contributed by atoms with E-state index in [0.717, 1.165) is 6.08 Å². The van der Waals surface area contributed by atoms with Crippen molar-refractivity contribution in [3.05, 3.63) is 24.3 Å². The zero-order chi connectivity index (χ0) is 12.4. The van der Waals surface area contributed by atoms with Gasteiger partial charge in [-0.25, -0.2) is 9.59 Å². The molecular formula is C11H18ClNO4. The predicted molar refractivity (Wildman–Crippen MR) is 66.8 cm³/mol. The summed E-state index contributed by atoms with van der Waals surface area (Å²) in [5.41, 5.74) is 5.66. The summed E-state index contributed by atoms with van der Waals surface area (Å²) < 4.78 is 9.52. The molecule has 0 rings (SSSR count). The summed E-state index contributed by atoms with van der Waals surface area (Å²) >= 11 is 0. The monoisotopic (exact) mass is 263 g/mol. The lowest BCUT2D eigenvalue weighted by molar-refractivity contribution is -0.138. The molecule has 0 radical (unpaired) electrons. The van der Waals surface area contributed by atoms with Crippen LogP contribution >= 0.6 is 12.4 Å². The van der Waals surface area contributed by atoms with Crippen molar-refractivity contribution < 1.29 is 19.1 Å². The van der Waals surface area contributed by atoms with E-state index in [-0.39, 0.29) is 25.6 Å². The molecule has 0 spiro atoms. The molecule has 0 heterocycles. The van der Waals surface area contributed by atoms with Crippen LogP contribution in [0.5, 0.6) is 0 Å². The summed E-state index contributed by atoms with van der Waals surface area (Å²) in [5.74, 6) is -0.878. The standard InChI is InChI=1S/C11H17NO4.ClH/c1-3-10(13)15-7-4-5-9(2)11(14)16-8-6-12;/h3,5H,1,4,6-8,12H2,2H3;1H. The van der Waals surface area contributed by atoms with Gasteiger partial charge >= 0.3 is 11.9 Å². The van der Waals surface area contributed by atoms with Gasteiger partial charge in [0, 0.05) is 24.6 Å². The van der Waals surface area contributed by atoms with E-state index in [2.05, 4.69) is 6.58 Å². The maximum Gasteiger partial charge on any atom is 0.333 e. The summed E-state index contributed by atoms with van der Waals surface area (Å²) in [7, 11) is 0. The molecule has 0 amide bonds. The Bertz CT molecular complexity index is 289. The van der Waals surface area contributed by atoms with Crippen molar-refractivity contribution in [1.29, 1.82) is 0 Å². The fraction of sp³-hybridized carbons (Fsp3) is 0.455. The molecule has 2 N–H and O–H groups in total. The van der Waals surface area contributed by atoms with Crippen LogP contribution < -0.4 is 5.73 Å². The third kappa shape index (κ3) is 9.59. The molecule has 0 bridgehead atoms. The molecule has 0 fully saturated rings. The highest BCUT2D eigenvalue weighted by Crippen LogP contribution is 1.99. The lowest BCUT2D eigenvalue weighted by atomic mass is 10.2. The van der Waals surface area contributed by atoms with Gasteiger partial charge in [0.1, 0.15) is 6.61 Å². The third-order valence-electron chi connectivity index (χ3n) is 1.65. The average molecular weight is 264 g/mol. The summed E-state index contributed by atoms with van der Waals surface area (Å²) in [6.45, 7) is 5.61. The summed E-state index contributed by atoms with van der Waals surface area (Å²) in [6.07, 6.45) is 3.20. The molecule has 0 saturated heterocycles. The molecular weight excluding hydrogens is 246 g/mol. The van der Waals surface area contributed by atoms with Gasteiger partial charge in [0.15, 0.2) is 0 Å². The first-order chi connectivity index (χ1) is 7.61. The minimum atomic E-state index is -0.475. The van der Waals surface area contributed by atoms with Crippen LogP contribution in [0.3, 0.4) is 0 Å². The maximum absolute atomic E-state index is 11.2. The van der Waals surface area contributed by atoms with Crippen LogP contribution in [0.2, 0.25) is 0 Å². The number of hydrogen-bond acceptors (Lipinski definition) is 5. The van der Waals surface area contributed by atoms with Crippen LogP contribution in [0.15, 0.2) is 24.3 Å². The van der Waals surface area contributed by atoms with Gasteiger partial charge in [-0.15, -0.1) is 12.4 Å². The number of carbonyl (C=O) groups excluding carboxylic acids is 2. The number of hydrogen-bond donors (Lipinski definition) is 1. The summed E-state index contributed by atoms with van der Waals surface area (Å²) in [6, 6.07) is 0. The third-order valence-corrected chi connectivity index (χ3v) is 1.65. The van der Waals surface area contributed by atoms with Crippen molar-refractivity contribution in [2.75, 3.05) is 19.8 Å². The molecule has 0 aliphatic carbocycles. The highest BCUT2D eigenvalue weighted by atomic mass is 35.5. The number of carbonyl (C=O) groups is 2. The van der Waals surface area contributed by atoms with Gasteiger partial charge in [0.05, 0.1) is 6.61 Å². The second kappa shape index (κ2) is 11.2. The van der Waals surface area contributed by atoms with Crippen LogP contribution in [-0.2, 0) is 19.1 Å². The Labute approximate surface area is 107 Å². The minimum Gasteiger partial charge on any atom is -0.462 e. The Morgan fingerprint density at radius 2 is 1.94 bits per heavy atom. The van der Waals surface area contributed by atoms with Gasteiger partial charge in [-0.1, -0.05) is 12.7 Å². The first-order valence-corrected chi connectivity index (χ1v) is 4.95. The lowest BCUT2D eigenvalue weighted by Crippen LogP contribution is -2.14. The quantitative estimate of drug-likeness (QED) is 0.421. The fourth-order valence-corrected chi connectivity index (χ4v) is 0.843. The Balaban J connectivity index is 0. The molecule has 0 aliphatic heterocycles. The first kappa shape index (κ1) is 18.0. The van der Waals surface area contributed by atoms with Crippen molar-refractivity contribution in [3.63, 3.8) is 0 Å². The SMILES string of the molecule is C=CC(=O)OCCC=C(C)C(=O)OCCN.Cl. The molecule has 0 saturated carbocycles. The van der Waals surface area contributed by atoms with E-state index in [4.69, 9.17) is 15.2 Å². The summed E-state index contributed by atoms with van der Waals surface area (Å²) in [5, 5.41) is 0. The second-order valence-corrected chi connectivity index (χ2v) is 2.97. The Morgan fingerprint density at radius 1 is 1.29 bits per heavy atom. The van der Waals surface area contributed by atoms with E-state index in [0.29, 0.717) is 18.5 Å². The number of esters is 2. The maximum atomic E-state index is 11.2. The van der Waals surface area contributed by atoms with Gasteiger partial charge in [-0.2, -0.15) is 0 Å².